The van der Waals surface area contributed by atoms with Crippen molar-refractivity contribution in [1.29, 1.82) is 0 Å². The summed E-state index contributed by atoms with van der Waals surface area (Å²) in [4.78, 5) is 35.3. The van der Waals surface area contributed by atoms with Crippen LogP contribution in [0, 0.1) is 13.8 Å². The Morgan fingerprint density at radius 2 is 1.90 bits per heavy atom. The van der Waals surface area contributed by atoms with Gasteiger partial charge in [-0.15, -0.1) is 0 Å². The van der Waals surface area contributed by atoms with E-state index in [9.17, 15) is 9.59 Å². The van der Waals surface area contributed by atoms with Crippen LogP contribution >= 0.6 is 0 Å². The van der Waals surface area contributed by atoms with E-state index in [-0.39, 0.29) is 6.04 Å². The molecule has 0 radical (unpaired) electrons. The van der Waals surface area contributed by atoms with Crippen LogP contribution in [0.3, 0.4) is 0 Å². The van der Waals surface area contributed by atoms with Crippen LogP contribution in [-0.2, 0) is 9.59 Å². The topological polar surface area (TPSA) is 84.4 Å². The summed E-state index contributed by atoms with van der Waals surface area (Å²) >= 11 is 0. The molecule has 2 amide bonds. The van der Waals surface area contributed by atoms with Crippen molar-refractivity contribution >= 4 is 17.5 Å². The first kappa shape index (κ1) is 20.5. The summed E-state index contributed by atoms with van der Waals surface area (Å²) in [7, 11) is 0. The predicted octanol–water partition coefficient (Wildman–Crippen LogP) is 4.19. The quantitative estimate of drug-likeness (QED) is 0.645. The van der Waals surface area contributed by atoms with Gasteiger partial charge in [0.05, 0.1) is 12.2 Å². The lowest BCUT2D eigenvalue weighted by molar-refractivity contribution is -0.143. The Labute approximate surface area is 181 Å². The minimum absolute atomic E-state index is 0.0804. The lowest BCUT2D eigenvalue weighted by Crippen LogP contribution is -2.39. The van der Waals surface area contributed by atoms with E-state index in [1.54, 1.807) is 35.4 Å². The van der Waals surface area contributed by atoms with Crippen molar-refractivity contribution in [2.45, 2.75) is 32.7 Å². The number of anilines is 1. The number of carbonyl (C=O) groups is 2. The van der Waals surface area contributed by atoms with E-state index in [1.807, 2.05) is 13.8 Å². The number of nitrogens with zero attached hydrogens (tertiary/aromatic N) is 3. The molecule has 0 spiro atoms. The van der Waals surface area contributed by atoms with Crippen LogP contribution in [-0.4, -0.2) is 33.2 Å². The first-order chi connectivity index (χ1) is 15.0. The fourth-order valence-electron chi connectivity index (χ4n) is 3.97. The smallest absolute Gasteiger partial charge is 0.313 e. The Morgan fingerprint density at radius 3 is 2.65 bits per heavy atom. The van der Waals surface area contributed by atoms with Crippen LogP contribution in [0.2, 0.25) is 0 Å². The molecule has 0 bridgehead atoms. The first-order valence-electron chi connectivity index (χ1n) is 10.2. The highest BCUT2D eigenvalue weighted by Crippen LogP contribution is 2.33. The molecule has 0 saturated carbocycles. The largest absolute Gasteiger partial charge is 0.437 e. The van der Waals surface area contributed by atoms with Gasteiger partial charge in [-0.1, -0.05) is 35.4 Å². The Bertz CT molecular complexity index is 1080. The summed E-state index contributed by atoms with van der Waals surface area (Å²) in [5.74, 6) is -0.356. The number of aryl methyl sites for hydroxylation is 2. The average Bonchev–Trinajstić information content (AvgIpc) is 3.23. The van der Waals surface area contributed by atoms with Gasteiger partial charge in [0.25, 0.3) is 0 Å². The molecule has 1 aliphatic heterocycles. The molecule has 1 N–H and O–H groups in total. The standard InChI is InChI=1S/C24H24N4O3/c1-16-11-17(2)13-18(12-16)21-7-4-10-28(21)24(30)23(29)27-19-5-3-6-20(14-19)31-22-15-25-8-9-26-22/h3,5-6,8-9,11-15,21H,4,7,10H2,1-2H3,(H,27,29). The average molecular weight is 416 g/mol. The molecule has 1 unspecified atom stereocenters. The number of rotatable bonds is 4. The van der Waals surface area contributed by atoms with Gasteiger partial charge >= 0.3 is 11.8 Å². The van der Waals surface area contributed by atoms with E-state index in [1.165, 1.54) is 12.4 Å². The molecule has 7 nitrogen and oxygen atoms in total. The third-order valence-corrected chi connectivity index (χ3v) is 5.19. The van der Waals surface area contributed by atoms with Gasteiger partial charge in [-0.3, -0.25) is 14.6 Å². The molecule has 0 aliphatic carbocycles. The molecule has 1 aromatic heterocycles. The summed E-state index contributed by atoms with van der Waals surface area (Å²) in [5, 5.41) is 2.69. The zero-order valence-electron chi connectivity index (χ0n) is 17.5. The van der Waals surface area contributed by atoms with Gasteiger partial charge in [0.15, 0.2) is 0 Å². The van der Waals surface area contributed by atoms with Crippen molar-refractivity contribution in [3.05, 3.63) is 77.7 Å². The minimum atomic E-state index is -0.659. The van der Waals surface area contributed by atoms with Crippen LogP contribution in [0.5, 0.6) is 11.6 Å². The normalized spacial score (nSPS) is 15.5. The molecular formula is C24H24N4O3. The number of hydrogen-bond acceptors (Lipinski definition) is 5. The molecule has 2 heterocycles. The van der Waals surface area contributed by atoms with E-state index in [2.05, 4.69) is 33.5 Å². The molecule has 7 heteroatoms. The minimum Gasteiger partial charge on any atom is -0.437 e. The van der Waals surface area contributed by atoms with Crippen LogP contribution in [0.1, 0.15) is 35.6 Å². The van der Waals surface area contributed by atoms with Crippen LogP contribution in [0.15, 0.2) is 61.1 Å². The Balaban J connectivity index is 1.46. The monoisotopic (exact) mass is 416 g/mol. The summed E-state index contributed by atoms with van der Waals surface area (Å²) in [6, 6.07) is 13.0. The van der Waals surface area contributed by atoms with E-state index >= 15 is 0 Å². The van der Waals surface area contributed by atoms with Gasteiger partial charge in [0, 0.05) is 30.7 Å². The van der Waals surface area contributed by atoms with Crippen molar-refractivity contribution < 1.29 is 14.3 Å². The number of aromatic nitrogens is 2. The molecule has 1 saturated heterocycles. The van der Waals surface area contributed by atoms with Crippen molar-refractivity contribution in [2.24, 2.45) is 0 Å². The van der Waals surface area contributed by atoms with Crippen molar-refractivity contribution in [3.63, 3.8) is 0 Å². The van der Waals surface area contributed by atoms with Gasteiger partial charge in [-0.2, -0.15) is 0 Å². The lowest BCUT2D eigenvalue weighted by Gasteiger charge is -2.25. The third kappa shape index (κ3) is 4.88. The van der Waals surface area contributed by atoms with Crippen molar-refractivity contribution in [3.8, 4) is 11.6 Å². The fourth-order valence-corrected chi connectivity index (χ4v) is 3.97. The lowest BCUT2D eigenvalue weighted by atomic mass is 9.99. The highest BCUT2D eigenvalue weighted by Gasteiger charge is 2.33. The number of carbonyl (C=O) groups excluding carboxylic acids is 2. The van der Waals surface area contributed by atoms with E-state index in [4.69, 9.17) is 4.74 Å². The van der Waals surface area contributed by atoms with Gasteiger partial charge < -0.3 is 15.0 Å². The maximum atomic E-state index is 12.9. The molecule has 31 heavy (non-hydrogen) atoms. The van der Waals surface area contributed by atoms with Crippen LogP contribution < -0.4 is 10.1 Å². The van der Waals surface area contributed by atoms with Crippen LogP contribution in [0.4, 0.5) is 5.69 Å². The number of ether oxygens (including phenoxy) is 1. The number of likely N-dealkylation sites (tertiary alicyclic amines) is 1. The predicted molar refractivity (Wildman–Crippen MR) is 117 cm³/mol. The maximum Gasteiger partial charge on any atom is 0.313 e. The summed E-state index contributed by atoms with van der Waals surface area (Å²) in [6.07, 6.45) is 6.30. The number of nitrogens with one attached hydrogen (secondary N) is 1. The second-order valence-electron chi connectivity index (χ2n) is 7.71. The van der Waals surface area contributed by atoms with Gasteiger partial charge in [-0.25, -0.2) is 4.98 Å². The highest BCUT2D eigenvalue weighted by molar-refractivity contribution is 6.39. The molecule has 1 aliphatic rings. The second kappa shape index (κ2) is 8.95. The SMILES string of the molecule is Cc1cc(C)cc(C2CCCN2C(=O)C(=O)Nc2cccc(Oc3cnccn3)c2)c1. The zero-order chi connectivity index (χ0) is 21.8. The van der Waals surface area contributed by atoms with E-state index in [0.29, 0.717) is 23.9 Å². The van der Waals surface area contributed by atoms with Crippen molar-refractivity contribution in [1.82, 2.24) is 14.9 Å². The van der Waals surface area contributed by atoms with E-state index < -0.39 is 11.8 Å². The number of amides is 2. The molecular weight excluding hydrogens is 392 g/mol. The molecule has 1 atom stereocenters. The molecule has 4 rings (SSSR count). The van der Waals surface area contributed by atoms with Gasteiger partial charge in [0.2, 0.25) is 5.88 Å². The third-order valence-electron chi connectivity index (χ3n) is 5.19. The molecule has 158 valence electrons. The maximum absolute atomic E-state index is 12.9. The van der Waals surface area contributed by atoms with Gasteiger partial charge in [0.1, 0.15) is 5.75 Å². The summed E-state index contributed by atoms with van der Waals surface area (Å²) in [5.41, 5.74) is 3.86. The summed E-state index contributed by atoms with van der Waals surface area (Å²) < 4.78 is 5.64. The highest BCUT2D eigenvalue weighted by atomic mass is 16.5. The molecule has 3 aromatic rings. The number of hydrogen-bond donors (Lipinski definition) is 1. The molecule has 2 aromatic carbocycles. The Kier molecular flexibility index (Phi) is 5.93. The Hall–Kier alpha value is -3.74. The number of benzene rings is 2. The van der Waals surface area contributed by atoms with E-state index in [0.717, 1.165) is 29.5 Å². The zero-order valence-corrected chi connectivity index (χ0v) is 17.5. The van der Waals surface area contributed by atoms with Crippen LogP contribution in [0.25, 0.3) is 0 Å². The first-order valence-corrected chi connectivity index (χ1v) is 10.2. The summed E-state index contributed by atoms with van der Waals surface area (Å²) in [6.45, 7) is 4.65. The Morgan fingerprint density at radius 1 is 1.10 bits per heavy atom. The second-order valence-corrected chi connectivity index (χ2v) is 7.71. The van der Waals surface area contributed by atoms with Gasteiger partial charge in [-0.05, 0) is 44.4 Å². The fraction of sp³-hybridized carbons (Fsp3) is 0.250. The molecule has 1 fully saturated rings. The van der Waals surface area contributed by atoms with Crippen molar-refractivity contribution in [2.75, 3.05) is 11.9 Å².